The molecule has 1 saturated carbocycles. The molecule has 1 spiro atoms. The fraction of sp³-hybridized carbons (Fsp3) is 0.522. The van der Waals surface area contributed by atoms with Crippen LogP contribution in [0.4, 0.5) is 4.39 Å². The zero-order valence-corrected chi connectivity index (χ0v) is 16.7. The van der Waals surface area contributed by atoms with Crippen LogP contribution in [0.1, 0.15) is 61.8 Å². The summed E-state index contributed by atoms with van der Waals surface area (Å²) in [6, 6.07) is 9.59. The maximum absolute atomic E-state index is 13.4. The molecule has 6 heteroatoms. The van der Waals surface area contributed by atoms with Crippen molar-refractivity contribution in [2.75, 3.05) is 13.2 Å². The van der Waals surface area contributed by atoms with Crippen molar-refractivity contribution in [3.05, 3.63) is 59.4 Å². The number of hydrogen-bond acceptors (Lipinski definition) is 5. The summed E-state index contributed by atoms with van der Waals surface area (Å²) in [6.45, 7) is 2.15. The molecule has 29 heavy (non-hydrogen) atoms. The lowest BCUT2D eigenvalue weighted by Gasteiger charge is -2.46. The van der Waals surface area contributed by atoms with Crippen LogP contribution in [0.25, 0.3) is 0 Å². The fourth-order valence-corrected chi connectivity index (χ4v) is 5.02. The second-order valence-corrected chi connectivity index (χ2v) is 8.38. The van der Waals surface area contributed by atoms with E-state index in [0.29, 0.717) is 6.54 Å². The summed E-state index contributed by atoms with van der Waals surface area (Å²) in [5, 5.41) is 12.4. The lowest BCUT2D eigenvalue weighted by molar-refractivity contribution is -0.104. The predicted molar refractivity (Wildman–Crippen MR) is 108 cm³/mol. The van der Waals surface area contributed by atoms with Crippen molar-refractivity contribution in [1.82, 2.24) is 15.3 Å². The third-order valence-electron chi connectivity index (χ3n) is 6.50. The molecular weight excluding hydrogens is 367 g/mol. The van der Waals surface area contributed by atoms with E-state index in [4.69, 9.17) is 15.0 Å². The average Bonchev–Trinajstić information content (AvgIpc) is 3.20. The van der Waals surface area contributed by atoms with Gasteiger partial charge >= 0.3 is 0 Å². The Bertz CT molecular complexity index is 876. The van der Waals surface area contributed by atoms with Crippen molar-refractivity contribution < 1.29 is 9.13 Å². The van der Waals surface area contributed by atoms with Gasteiger partial charge in [0, 0.05) is 36.7 Å². The molecule has 2 aromatic rings. The summed E-state index contributed by atoms with van der Waals surface area (Å²) in [4.78, 5) is 8.40. The summed E-state index contributed by atoms with van der Waals surface area (Å²) < 4.78 is 19.7. The number of nitriles is 1. The number of aromatic nitrogens is 2. The van der Waals surface area contributed by atoms with Crippen LogP contribution in [-0.4, -0.2) is 28.7 Å². The highest BCUT2D eigenvalue weighted by atomic mass is 19.1. The van der Waals surface area contributed by atoms with Crippen LogP contribution >= 0.6 is 0 Å². The molecule has 1 aliphatic heterocycles. The van der Waals surface area contributed by atoms with Crippen molar-refractivity contribution in [2.24, 2.45) is 0 Å². The third-order valence-corrected chi connectivity index (χ3v) is 6.50. The molecular formula is C23H27FN4O. The molecule has 0 amide bonds. The van der Waals surface area contributed by atoms with Gasteiger partial charge in [-0.25, -0.2) is 4.98 Å². The quantitative estimate of drug-likeness (QED) is 0.592. The molecule has 1 atom stereocenters. The van der Waals surface area contributed by atoms with Gasteiger partial charge in [-0.2, -0.15) is 9.65 Å². The zero-order chi connectivity index (χ0) is 20.2. The molecule has 0 aromatic carbocycles. The number of ether oxygens (including phenoxy) is 1. The first-order valence-corrected chi connectivity index (χ1v) is 10.5. The van der Waals surface area contributed by atoms with E-state index in [2.05, 4.69) is 22.4 Å². The van der Waals surface area contributed by atoms with E-state index >= 15 is 0 Å². The van der Waals surface area contributed by atoms with Crippen LogP contribution in [0.15, 0.2) is 36.7 Å². The molecule has 152 valence electrons. The Hall–Kier alpha value is -2.36. The van der Waals surface area contributed by atoms with Crippen molar-refractivity contribution >= 4 is 0 Å². The van der Waals surface area contributed by atoms with Crippen molar-refractivity contribution in [3.8, 4) is 6.07 Å². The second-order valence-electron chi connectivity index (χ2n) is 8.38. The van der Waals surface area contributed by atoms with Gasteiger partial charge in [0.05, 0.1) is 5.60 Å². The van der Waals surface area contributed by atoms with Gasteiger partial charge in [0.15, 0.2) is 0 Å². The molecule has 0 unspecified atom stereocenters. The van der Waals surface area contributed by atoms with Gasteiger partial charge in [-0.3, -0.25) is 4.98 Å². The van der Waals surface area contributed by atoms with Crippen LogP contribution < -0.4 is 5.32 Å². The van der Waals surface area contributed by atoms with Crippen LogP contribution in [0.2, 0.25) is 0 Å². The molecule has 1 aliphatic carbocycles. The number of pyridine rings is 2. The van der Waals surface area contributed by atoms with Crippen molar-refractivity contribution in [1.29, 1.82) is 5.26 Å². The maximum Gasteiger partial charge on any atom is 0.230 e. The molecule has 2 fully saturated rings. The maximum atomic E-state index is 13.4. The minimum atomic E-state index is -0.713. The molecule has 2 aromatic heterocycles. The summed E-state index contributed by atoms with van der Waals surface area (Å²) in [5.41, 5.74) is 1.98. The Morgan fingerprint density at radius 3 is 2.83 bits per heavy atom. The normalized spacial score (nSPS) is 23.2. The number of hydrogen-bond donors (Lipinski definition) is 1. The van der Waals surface area contributed by atoms with E-state index in [1.165, 1.54) is 19.0 Å². The SMILES string of the molecule is N#Cc1cc(CNCC[C@]2(c3ccccn3)CCOC3(CCCC3)C2)cnc1F. The van der Waals surface area contributed by atoms with Gasteiger partial charge in [-0.15, -0.1) is 0 Å². The molecule has 1 saturated heterocycles. The summed E-state index contributed by atoms with van der Waals surface area (Å²) in [5.74, 6) is -0.713. The van der Waals surface area contributed by atoms with Crippen LogP contribution in [-0.2, 0) is 16.7 Å². The Morgan fingerprint density at radius 2 is 2.07 bits per heavy atom. The average molecular weight is 394 g/mol. The Morgan fingerprint density at radius 1 is 1.21 bits per heavy atom. The number of rotatable bonds is 6. The molecule has 5 nitrogen and oxygen atoms in total. The summed E-state index contributed by atoms with van der Waals surface area (Å²) in [7, 11) is 0. The lowest BCUT2D eigenvalue weighted by Crippen LogP contribution is -2.47. The zero-order valence-electron chi connectivity index (χ0n) is 16.7. The number of halogens is 1. The van der Waals surface area contributed by atoms with E-state index in [9.17, 15) is 4.39 Å². The van der Waals surface area contributed by atoms with Gasteiger partial charge in [-0.1, -0.05) is 18.9 Å². The molecule has 1 N–H and O–H groups in total. The van der Waals surface area contributed by atoms with E-state index in [-0.39, 0.29) is 16.6 Å². The van der Waals surface area contributed by atoms with E-state index < -0.39 is 5.95 Å². The largest absolute Gasteiger partial charge is 0.375 e. The fourth-order valence-electron chi connectivity index (χ4n) is 5.02. The van der Waals surface area contributed by atoms with Crippen LogP contribution in [0.5, 0.6) is 0 Å². The van der Waals surface area contributed by atoms with E-state index in [1.807, 2.05) is 18.3 Å². The van der Waals surface area contributed by atoms with Gasteiger partial charge in [0.1, 0.15) is 11.6 Å². The topological polar surface area (TPSA) is 70.8 Å². The third kappa shape index (κ3) is 4.31. The van der Waals surface area contributed by atoms with Crippen LogP contribution in [0.3, 0.4) is 0 Å². The molecule has 0 bridgehead atoms. The van der Waals surface area contributed by atoms with Gasteiger partial charge in [0.25, 0.3) is 0 Å². The second kappa shape index (κ2) is 8.56. The molecule has 2 aliphatic rings. The standard InChI is InChI=1S/C23H27FN4O/c24-21-19(14-25)13-18(16-28-21)15-26-11-8-22(20-5-1-4-10-27-20)9-12-29-23(17-22)6-2-3-7-23/h1,4-5,10,13,16,26H,2-3,6-9,11-12,15,17H2/t22-/m0/s1. The Balaban J connectivity index is 1.45. The van der Waals surface area contributed by atoms with Gasteiger partial charge in [0.2, 0.25) is 5.95 Å². The van der Waals surface area contributed by atoms with Gasteiger partial charge in [-0.05, 0) is 62.4 Å². The van der Waals surface area contributed by atoms with Crippen molar-refractivity contribution in [3.63, 3.8) is 0 Å². The van der Waals surface area contributed by atoms with Gasteiger partial charge < -0.3 is 10.1 Å². The molecule has 4 rings (SSSR count). The highest BCUT2D eigenvalue weighted by Crippen LogP contribution is 2.49. The number of nitrogens with one attached hydrogen (secondary N) is 1. The smallest absolute Gasteiger partial charge is 0.230 e. The minimum absolute atomic E-state index is 0.00963. The summed E-state index contributed by atoms with van der Waals surface area (Å²) >= 11 is 0. The van der Waals surface area contributed by atoms with E-state index in [0.717, 1.165) is 56.5 Å². The highest BCUT2D eigenvalue weighted by molar-refractivity contribution is 5.30. The Kier molecular flexibility index (Phi) is 5.89. The Labute approximate surface area is 171 Å². The first-order valence-electron chi connectivity index (χ1n) is 10.5. The van der Waals surface area contributed by atoms with E-state index in [1.54, 1.807) is 6.07 Å². The van der Waals surface area contributed by atoms with Crippen molar-refractivity contribution in [2.45, 2.75) is 62.5 Å². The molecule has 0 radical (unpaired) electrons. The first-order chi connectivity index (χ1) is 14.1. The minimum Gasteiger partial charge on any atom is -0.375 e. The number of nitrogens with zero attached hydrogens (tertiary/aromatic N) is 3. The predicted octanol–water partition coefficient (Wildman–Crippen LogP) is 4.03. The van der Waals surface area contributed by atoms with Crippen LogP contribution in [0, 0.1) is 17.3 Å². The summed E-state index contributed by atoms with van der Waals surface area (Å²) in [6.07, 6.45) is 11.1. The molecule has 3 heterocycles. The highest BCUT2D eigenvalue weighted by Gasteiger charge is 2.48. The first kappa shape index (κ1) is 19.9. The monoisotopic (exact) mass is 394 g/mol. The lowest BCUT2D eigenvalue weighted by atomic mass is 9.68.